The molecule has 0 aliphatic heterocycles. The first-order valence-electron chi connectivity index (χ1n) is 38.3. The largest absolute Gasteiger partial charge is 0.497 e. The number of methoxy groups -OCH3 is 3. The molecule has 24 nitrogen and oxygen atoms in total. The lowest BCUT2D eigenvalue weighted by Crippen LogP contribution is -2.06. The quantitative estimate of drug-likeness (QED) is 0.0142. The van der Waals surface area contributed by atoms with E-state index in [0.717, 1.165) is 144 Å². The lowest BCUT2D eigenvalue weighted by Gasteiger charge is -2.12. The van der Waals surface area contributed by atoms with Crippen molar-refractivity contribution in [2.45, 2.75) is 59.3 Å². The number of benzene rings is 11. The molecule has 11 aromatic carbocycles. The Hall–Kier alpha value is -14.1. The van der Waals surface area contributed by atoms with E-state index in [1.807, 2.05) is 182 Å². The van der Waals surface area contributed by atoms with Crippen LogP contribution in [0.15, 0.2) is 267 Å². The van der Waals surface area contributed by atoms with E-state index in [2.05, 4.69) is 77.5 Å². The molecule has 0 saturated carbocycles. The average Bonchev–Trinajstić information content (AvgIpc) is 0.788. The van der Waals surface area contributed by atoms with Crippen molar-refractivity contribution in [3.63, 3.8) is 0 Å². The molecule has 4 heterocycles. The highest BCUT2D eigenvalue weighted by molar-refractivity contribution is 6.38. The lowest BCUT2D eigenvalue weighted by molar-refractivity contribution is 0.0490. The Labute approximate surface area is 709 Å². The minimum absolute atomic E-state index is 0.233. The summed E-state index contributed by atoms with van der Waals surface area (Å²) >= 11 is 17.7. The van der Waals surface area contributed by atoms with Gasteiger partial charge in [-0.05, 0) is 189 Å². The summed E-state index contributed by atoms with van der Waals surface area (Å²) in [5.41, 5.74) is 20.0. The fourth-order valence-corrected chi connectivity index (χ4v) is 12.0. The number of halogens is 3. The molecule has 0 amide bonds. The number of nitrogens with zero attached hydrogens (tertiary/aromatic N) is 8. The van der Waals surface area contributed by atoms with Gasteiger partial charge in [-0.1, -0.05) is 172 Å². The van der Waals surface area contributed by atoms with Crippen molar-refractivity contribution in [1.82, 2.24) is 40.8 Å². The van der Waals surface area contributed by atoms with Crippen molar-refractivity contribution in [1.29, 1.82) is 0 Å². The maximum absolute atomic E-state index is 12.1. The second kappa shape index (κ2) is 45.4. The Kier molecular flexibility index (Phi) is 33.4. The van der Waals surface area contributed by atoms with Crippen LogP contribution >= 0.6 is 34.8 Å². The predicted octanol–water partition coefficient (Wildman–Crippen LogP) is 22.2. The zero-order chi connectivity index (χ0) is 85.1. The Morgan fingerprint density at radius 3 is 0.875 bits per heavy atom. The fourth-order valence-electron chi connectivity index (χ4n) is 11.4. The number of fused-ring (bicyclic) bond motifs is 4. The van der Waals surface area contributed by atoms with Gasteiger partial charge in [-0.15, -0.1) is 40.8 Å². The highest BCUT2D eigenvalue weighted by Crippen LogP contribution is 2.35. The second-order valence-electron chi connectivity index (χ2n) is 26.3. The van der Waals surface area contributed by atoms with Crippen LogP contribution in [0.2, 0.25) is 15.5 Å². The van der Waals surface area contributed by atoms with E-state index in [1.54, 1.807) is 106 Å². The molecule has 4 aromatic heterocycles. The smallest absolute Gasteiger partial charge is 0.338 e. The molecule has 612 valence electrons. The third kappa shape index (κ3) is 25.2. The number of carboxylic acid groups (broad SMARTS) is 1. The maximum Gasteiger partial charge on any atom is 0.338 e. The van der Waals surface area contributed by atoms with Gasteiger partial charge in [0, 0.05) is 82.7 Å². The summed E-state index contributed by atoms with van der Waals surface area (Å²) in [6, 6.07) is 81.2. The normalized spacial score (nSPS) is 10.4. The number of ether oxygens (including phenoxy) is 6. The molecule has 0 fully saturated rings. The SMILES string of the molecule is CCCCOC(=O)c1ccc(N)cc1.CCCCOC(=O)c1ccc(Nc2nnc(-c3ccc(OC)cc3)c3ccccc23)cc1.CCCCOC(=O)c1ccc(Nc2nnc(Cl)c3ccccc23)cc1.COc1ccc(-c2nnc(Nc3ccc(C(=O)O)cc3)c3ccccc23)cc1.COc1ccc(N)cc1.Clc1nnc(Cl)c2ccccc12. The second-order valence-corrected chi connectivity index (χ2v) is 27.4. The number of carboxylic acids is 1. The van der Waals surface area contributed by atoms with Gasteiger partial charge in [0.25, 0.3) is 0 Å². The number of anilines is 8. The maximum atomic E-state index is 12.1. The van der Waals surface area contributed by atoms with Crippen LogP contribution in [0.1, 0.15) is 101 Å². The van der Waals surface area contributed by atoms with Crippen LogP contribution in [0.4, 0.5) is 45.9 Å². The molecule has 0 bridgehead atoms. The average molecular weight is 1670 g/mol. The number of aromatic nitrogens is 8. The van der Waals surface area contributed by atoms with Gasteiger partial charge in [-0.25, -0.2) is 19.2 Å². The number of hydrogen-bond donors (Lipinski definition) is 6. The highest BCUT2D eigenvalue weighted by atomic mass is 35.5. The van der Waals surface area contributed by atoms with Crippen molar-refractivity contribution in [3.8, 4) is 39.8 Å². The van der Waals surface area contributed by atoms with Crippen molar-refractivity contribution in [3.05, 3.63) is 305 Å². The van der Waals surface area contributed by atoms with Crippen molar-refractivity contribution in [2.24, 2.45) is 0 Å². The monoisotopic (exact) mass is 1670 g/mol. The molecule has 0 spiro atoms. The standard InChI is InChI=1S/C26H25N3O3.C22H17N3O3.C19H18ClN3O2.C11H15NO2.C8H4Cl2N2.C7H9NO/c1-3-4-17-32-26(30)19-9-13-20(14-10-19)27-25-23-8-6-5-7-22(23)24(28-29-25)18-11-15-21(31-2)16-12-18;1-28-17-12-8-14(9-13-17)20-18-4-2-3-5-19(18)21(25-24-20)23-16-10-6-15(7-11-16)22(26)27;1-2-3-12-25-19(24)13-8-10-14(11-9-13)21-18-16-7-5-4-6-15(16)17(20)22-23-18;1-2-3-8-14-11(13)9-4-6-10(12)7-5-9;9-7-5-3-1-2-4-6(5)8(10)12-11-7;1-9-7-4-2-6(8)3-5-7/h5-16H,3-4,17H2,1-2H3,(H,27,29);2-13H,1H3,(H,23,25)(H,26,27);4-11H,2-3,12H2,1H3,(H,21,23);4-7H,2-3,8,12H2,1H3;1-4H;2-5H,8H2,1H3. The van der Waals surface area contributed by atoms with Gasteiger partial charge in [0.05, 0.1) is 63.4 Å². The van der Waals surface area contributed by atoms with E-state index in [4.69, 9.17) is 79.8 Å². The fraction of sp³-hybridized carbons (Fsp3) is 0.161. The van der Waals surface area contributed by atoms with Crippen LogP contribution in [-0.4, -0.2) is 111 Å². The van der Waals surface area contributed by atoms with E-state index in [0.29, 0.717) is 75.1 Å². The number of rotatable bonds is 24. The van der Waals surface area contributed by atoms with E-state index >= 15 is 0 Å². The summed E-state index contributed by atoms with van der Waals surface area (Å²) in [7, 11) is 4.91. The first-order chi connectivity index (χ1) is 58.4. The molecule has 8 N–H and O–H groups in total. The van der Waals surface area contributed by atoms with Gasteiger partial charge in [-0.3, -0.25) is 0 Å². The van der Waals surface area contributed by atoms with Crippen molar-refractivity contribution >= 4 is 148 Å². The zero-order valence-electron chi connectivity index (χ0n) is 66.7. The number of aromatic carboxylic acids is 1. The molecule has 0 unspecified atom stereocenters. The first kappa shape index (κ1) is 88.3. The Morgan fingerprint density at radius 2 is 0.567 bits per heavy atom. The van der Waals surface area contributed by atoms with Gasteiger partial charge < -0.3 is 60.9 Å². The van der Waals surface area contributed by atoms with Crippen molar-refractivity contribution in [2.75, 3.05) is 68.6 Å². The van der Waals surface area contributed by atoms with E-state index in [9.17, 15) is 19.2 Å². The number of carbonyl (C=O) groups excluding carboxylic acids is 3. The third-order valence-electron chi connectivity index (χ3n) is 18.0. The summed E-state index contributed by atoms with van der Waals surface area (Å²) in [5, 5.41) is 60.3. The summed E-state index contributed by atoms with van der Waals surface area (Å²) < 4.78 is 30.9. The summed E-state index contributed by atoms with van der Waals surface area (Å²) in [6.07, 6.45) is 5.64. The van der Waals surface area contributed by atoms with Gasteiger partial charge >= 0.3 is 23.9 Å². The molecular weight excluding hydrogens is 1580 g/mol. The number of carbonyl (C=O) groups is 4. The Bertz CT molecular complexity index is 5830. The number of nitrogens with two attached hydrogens (primary N) is 2. The Balaban J connectivity index is 0.000000159. The van der Waals surface area contributed by atoms with Gasteiger partial charge in [-0.2, -0.15) is 0 Å². The molecular formula is C93H88Cl3N13O11. The van der Waals surface area contributed by atoms with Crippen LogP contribution < -0.4 is 41.6 Å². The van der Waals surface area contributed by atoms with Gasteiger partial charge in [0.15, 0.2) is 32.9 Å². The predicted molar refractivity (Wildman–Crippen MR) is 477 cm³/mol. The third-order valence-corrected chi connectivity index (χ3v) is 18.8. The van der Waals surface area contributed by atoms with Crippen LogP contribution in [0.5, 0.6) is 17.2 Å². The van der Waals surface area contributed by atoms with Crippen molar-refractivity contribution < 1.29 is 52.7 Å². The molecule has 15 rings (SSSR count). The molecule has 0 saturated heterocycles. The van der Waals surface area contributed by atoms with Gasteiger partial charge in [0.2, 0.25) is 0 Å². The van der Waals surface area contributed by atoms with Crippen LogP contribution in [0, 0.1) is 0 Å². The molecule has 15 aromatic rings. The Morgan fingerprint density at radius 1 is 0.317 bits per heavy atom. The molecule has 27 heteroatoms. The number of nitrogens with one attached hydrogen (secondary N) is 3. The van der Waals surface area contributed by atoms with E-state index in [-0.39, 0.29) is 23.5 Å². The zero-order valence-corrected chi connectivity index (χ0v) is 68.9. The molecule has 120 heavy (non-hydrogen) atoms. The van der Waals surface area contributed by atoms with E-state index < -0.39 is 5.97 Å². The van der Waals surface area contributed by atoms with Crippen LogP contribution in [-0.2, 0) is 14.2 Å². The topological polar surface area (TPSA) is 335 Å². The minimum atomic E-state index is -0.958. The molecule has 0 radical (unpaired) electrons. The number of nitrogen functional groups attached to an aromatic ring is 2. The summed E-state index contributed by atoms with van der Waals surface area (Å²) in [4.78, 5) is 46.4. The van der Waals surface area contributed by atoms with Crippen LogP contribution in [0.3, 0.4) is 0 Å². The number of esters is 3. The number of unbranched alkanes of at least 4 members (excludes halogenated alkanes) is 3. The summed E-state index contributed by atoms with van der Waals surface area (Å²) in [6.45, 7) is 7.54. The lowest BCUT2D eigenvalue weighted by atomic mass is 10.0. The van der Waals surface area contributed by atoms with Crippen LogP contribution in [0.25, 0.3) is 65.6 Å². The summed E-state index contributed by atoms with van der Waals surface area (Å²) in [5.74, 6) is 2.43. The molecule has 0 atom stereocenters. The highest BCUT2D eigenvalue weighted by Gasteiger charge is 2.17. The first-order valence-corrected chi connectivity index (χ1v) is 39.4. The number of hydrogen-bond acceptors (Lipinski definition) is 23. The van der Waals surface area contributed by atoms with Gasteiger partial charge in [0.1, 0.15) is 28.6 Å². The molecule has 0 aliphatic carbocycles. The minimum Gasteiger partial charge on any atom is -0.497 e. The van der Waals surface area contributed by atoms with E-state index in [1.165, 1.54) is 0 Å². The molecule has 0 aliphatic rings.